The first-order valence-corrected chi connectivity index (χ1v) is 16.9. The molecule has 0 aliphatic rings. The molecule has 1 unspecified atom stereocenters. The smallest absolute Gasteiger partial charge is 0.326 e. The number of hydrogen-bond donors (Lipinski definition) is 3. The third-order valence-corrected chi connectivity index (χ3v) is 9.17. The summed E-state index contributed by atoms with van der Waals surface area (Å²) >= 11 is 6.18. The van der Waals surface area contributed by atoms with E-state index in [2.05, 4.69) is 15.1 Å². The second-order valence-corrected chi connectivity index (χ2v) is 13.0. The second-order valence-electron chi connectivity index (χ2n) is 10.9. The fourth-order valence-corrected chi connectivity index (χ4v) is 6.35. The first-order valence-electron chi connectivity index (χ1n) is 15.0. The van der Waals surface area contributed by atoms with Crippen LogP contribution >= 0.6 is 11.6 Å². The van der Waals surface area contributed by atoms with Crippen LogP contribution in [0.2, 0.25) is 5.02 Å². The van der Waals surface area contributed by atoms with E-state index in [4.69, 9.17) is 16.3 Å². The summed E-state index contributed by atoms with van der Waals surface area (Å²) in [5.74, 6) is -0.718. The number of para-hydroxylation sites is 2. The number of hydrogen-bond acceptors (Lipinski definition) is 6. The number of carbonyl (C=O) groups is 2. The van der Waals surface area contributed by atoms with Gasteiger partial charge in [-0.05, 0) is 77.9 Å². The van der Waals surface area contributed by atoms with Crippen molar-refractivity contribution in [2.24, 2.45) is 0 Å². The lowest BCUT2D eigenvalue weighted by molar-refractivity contribution is -0.139. The molecule has 1 atom stereocenters. The number of aliphatic carboxylic acids is 1. The summed E-state index contributed by atoms with van der Waals surface area (Å²) in [6, 6.07) is 34.8. The molecule has 1 aromatic heterocycles. The lowest BCUT2D eigenvalue weighted by Gasteiger charge is -2.18. The predicted molar refractivity (Wildman–Crippen MR) is 187 cm³/mol. The average Bonchev–Trinajstić information content (AvgIpc) is 3.65. The number of nitrogens with zero attached hydrogens (tertiary/aromatic N) is 2. The molecule has 3 N–H and O–H groups in total. The molecular weight excluding hydrogens is 664 g/mol. The molecular formula is C37H29ClN4O6S. The fourth-order valence-electron chi connectivity index (χ4n) is 5.10. The molecule has 1 amide bonds. The quantitative estimate of drug-likeness (QED) is 0.123. The van der Waals surface area contributed by atoms with E-state index in [0.29, 0.717) is 22.7 Å². The molecule has 10 nitrogen and oxygen atoms in total. The van der Waals surface area contributed by atoms with Gasteiger partial charge in [-0.15, -0.1) is 0 Å². The van der Waals surface area contributed by atoms with E-state index in [1.807, 2.05) is 66.7 Å². The standard InChI is InChI=1S/C37H29ClN4O6S/c38-27-15-20-33(41-49(46,47)30-18-16-28(17-19-30)42-22-6-21-39-42)32(24-27)36(43)40-34(37(44)45)23-25-11-13-26(14-12-25)31-9-4-5-10-35(31)48-29-7-2-1-3-8-29/h1-22,24,34,41H,23H2,(H,40,43)(H,44,45). The van der Waals surface area contributed by atoms with Gasteiger partial charge in [0.05, 0.1) is 21.8 Å². The summed E-state index contributed by atoms with van der Waals surface area (Å²) in [6.45, 7) is 0. The van der Waals surface area contributed by atoms with Gasteiger partial charge in [0.25, 0.3) is 15.9 Å². The average molecular weight is 693 g/mol. The monoisotopic (exact) mass is 692 g/mol. The van der Waals surface area contributed by atoms with E-state index in [9.17, 15) is 23.1 Å². The summed E-state index contributed by atoms with van der Waals surface area (Å²) in [5.41, 5.74) is 2.82. The lowest BCUT2D eigenvalue weighted by atomic mass is 9.99. The summed E-state index contributed by atoms with van der Waals surface area (Å²) in [4.78, 5) is 25.7. The molecule has 1 heterocycles. The molecule has 0 saturated heterocycles. The Balaban J connectivity index is 1.17. The Hall–Kier alpha value is -5.91. The molecule has 49 heavy (non-hydrogen) atoms. The van der Waals surface area contributed by atoms with Crippen molar-refractivity contribution in [2.45, 2.75) is 17.4 Å². The van der Waals surface area contributed by atoms with Gasteiger partial charge in [0, 0.05) is 29.4 Å². The molecule has 0 bridgehead atoms. The lowest BCUT2D eigenvalue weighted by Crippen LogP contribution is -2.42. The van der Waals surface area contributed by atoms with Crippen LogP contribution in [-0.2, 0) is 21.2 Å². The van der Waals surface area contributed by atoms with Crippen molar-refractivity contribution >= 4 is 39.2 Å². The zero-order valence-corrected chi connectivity index (χ0v) is 27.3. The molecule has 0 aliphatic carbocycles. The first kappa shape index (κ1) is 33.0. The van der Waals surface area contributed by atoms with Crippen LogP contribution in [0.5, 0.6) is 11.5 Å². The van der Waals surface area contributed by atoms with Gasteiger partial charge in [0.15, 0.2) is 0 Å². The normalized spacial score (nSPS) is 11.8. The Bertz CT molecular complexity index is 2190. The molecule has 5 aromatic carbocycles. The zero-order chi connectivity index (χ0) is 34.4. The maximum atomic E-state index is 13.5. The highest BCUT2D eigenvalue weighted by atomic mass is 35.5. The minimum Gasteiger partial charge on any atom is -0.480 e. The Kier molecular flexibility index (Phi) is 9.74. The van der Waals surface area contributed by atoms with E-state index in [-0.39, 0.29) is 27.6 Å². The van der Waals surface area contributed by atoms with Gasteiger partial charge in [0.2, 0.25) is 0 Å². The van der Waals surface area contributed by atoms with Crippen LogP contribution in [0.25, 0.3) is 16.8 Å². The van der Waals surface area contributed by atoms with Crippen molar-refractivity contribution in [1.82, 2.24) is 15.1 Å². The van der Waals surface area contributed by atoms with Crippen LogP contribution in [0.3, 0.4) is 0 Å². The highest BCUT2D eigenvalue weighted by molar-refractivity contribution is 7.92. The number of carboxylic acids is 1. The van der Waals surface area contributed by atoms with Crippen LogP contribution < -0.4 is 14.8 Å². The summed E-state index contributed by atoms with van der Waals surface area (Å²) in [6.07, 6.45) is 3.30. The van der Waals surface area contributed by atoms with Crippen molar-refractivity contribution in [3.05, 3.63) is 156 Å². The van der Waals surface area contributed by atoms with Gasteiger partial charge >= 0.3 is 5.97 Å². The maximum Gasteiger partial charge on any atom is 0.326 e. The Morgan fingerprint density at radius 3 is 2.27 bits per heavy atom. The number of carboxylic acid groups (broad SMARTS) is 1. The van der Waals surface area contributed by atoms with Gasteiger partial charge in [0.1, 0.15) is 17.5 Å². The Labute approximate surface area is 287 Å². The van der Waals surface area contributed by atoms with E-state index in [1.165, 1.54) is 30.3 Å². The number of nitrogens with one attached hydrogen (secondary N) is 2. The zero-order valence-electron chi connectivity index (χ0n) is 25.7. The number of carbonyl (C=O) groups excluding carboxylic acids is 1. The largest absolute Gasteiger partial charge is 0.480 e. The first-order chi connectivity index (χ1) is 23.7. The van der Waals surface area contributed by atoms with Crippen LogP contribution in [0.4, 0.5) is 5.69 Å². The topological polar surface area (TPSA) is 140 Å². The third-order valence-electron chi connectivity index (χ3n) is 7.55. The number of aromatic nitrogens is 2. The minimum absolute atomic E-state index is 0.0340. The molecule has 0 radical (unpaired) electrons. The van der Waals surface area contributed by atoms with Crippen molar-refractivity contribution < 1.29 is 27.9 Å². The second kappa shape index (κ2) is 14.5. The molecule has 6 aromatic rings. The third kappa shape index (κ3) is 7.98. The molecule has 246 valence electrons. The number of halogens is 1. The van der Waals surface area contributed by atoms with Crippen molar-refractivity contribution in [3.63, 3.8) is 0 Å². The Morgan fingerprint density at radius 1 is 0.857 bits per heavy atom. The molecule has 0 saturated carbocycles. The van der Waals surface area contributed by atoms with Crippen LogP contribution in [-0.4, -0.2) is 41.2 Å². The SMILES string of the molecule is O=C(NC(Cc1ccc(-c2ccccc2Oc2ccccc2)cc1)C(=O)O)c1cc(Cl)ccc1NS(=O)(=O)c1ccc(-n2cccn2)cc1. The molecule has 6 rings (SSSR count). The summed E-state index contributed by atoms with van der Waals surface area (Å²) < 4.78 is 36.6. The molecule has 0 spiro atoms. The molecule has 12 heteroatoms. The van der Waals surface area contributed by atoms with Gasteiger partial charge in [-0.3, -0.25) is 9.52 Å². The van der Waals surface area contributed by atoms with E-state index in [1.54, 1.807) is 47.4 Å². The number of rotatable bonds is 12. The van der Waals surface area contributed by atoms with Gasteiger partial charge in [-0.1, -0.05) is 72.3 Å². The number of amides is 1. The predicted octanol–water partition coefficient (Wildman–Crippen LogP) is 7.21. The number of ether oxygens (including phenoxy) is 1. The van der Waals surface area contributed by atoms with Crippen LogP contribution in [0.15, 0.2) is 145 Å². The highest BCUT2D eigenvalue weighted by Crippen LogP contribution is 2.33. The summed E-state index contributed by atoms with van der Waals surface area (Å²) in [5, 5.41) is 16.8. The van der Waals surface area contributed by atoms with E-state index >= 15 is 0 Å². The number of anilines is 1. The van der Waals surface area contributed by atoms with Crippen molar-refractivity contribution in [1.29, 1.82) is 0 Å². The fraction of sp³-hybridized carbons (Fsp3) is 0.0541. The van der Waals surface area contributed by atoms with Gasteiger partial charge in [-0.2, -0.15) is 5.10 Å². The van der Waals surface area contributed by atoms with Crippen molar-refractivity contribution in [3.8, 4) is 28.3 Å². The molecule has 0 fully saturated rings. The Morgan fingerprint density at radius 2 is 1.57 bits per heavy atom. The van der Waals surface area contributed by atoms with Gasteiger partial charge in [-0.25, -0.2) is 17.9 Å². The van der Waals surface area contributed by atoms with E-state index in [0.717, 1.165) is 11.1 Å². The number of sulfonamides is 1. The van der Waals surface area contributed by atoms with Crippen LogP contribution in [0.1, 0.15) is 15.9 Å². The highest BCUT2D eigenvalue weighted by Gasteiger charge is 2.25. The van der Waals surface area contributed by atoms with Crippen LogP contribution in [0, 0.1) is 0 Å². The van der Waals surface area contributed by atoms with Gasteiger partial charge < -0.3 is 15.2 Å². The number of benzene rings is 5. The summed E-state index contributed by atoms with van der Waals surface area (Å²) in [7, 11) is -4.14. The van der Waals surface area contributed by atoms with E-state index < -0.39 is 27.9 Å². The van der Waals surface area contributed by atoms with Crippen molar-refractivity contribution in [2.75, 3.05) is 4.72 Å². The minimum atomic E-state index is -4.14. The maximum absolute atomic E-state index is 13.5. The molecule has 0 aliphatic heterocycles.